The highest BCUT2D eigenvalue weighted by atomic mass is 16.3. The van der Waals surface area contributed by atoms with E-state index in [0.717, 1.165) is 44.3 Å². The number of carbonyl (C=O) groups excluding carboxylic acids is 1. The Morgan fingerprint density at radius 2 is 2.17 bits per heavy atom. The van der Waals surface area contributed by atoms with Gasteiger partial charge in [-0.05, 0) is 56.8 Å². The van der Waals surface area contributed by atoms with Crippen molar-refractivity contribution in [2.24, 2.45) is 11.7 Å². The molecule has 0 unspecified atom stereocenters. The molecule has 0 spiro atoms. The Hall–Kier alpha value is -1.39. The second-order valence-electron chi connectivity index (χ2n) is 7.45. The molecule has 1 saturated heterocycles. The van der Waals surface area contributed by atoms with Gasteiger partial charge in [0.15, 0.2) is 0 Å². The Labute approximate surface area is 138 Å². The van der Waals surface area contributed by atoms with Gasteiger partial charge in [0.1, 0.15) is 0 Å². The van der Waals surface area contributed by atoms with Crippen LogP contribution in [-0.2, 0) is 6.54 Å². The topological polar surface area (TPSA) is 66.6 Å². The number of nitrogens with zero attached hydrogens (tertiary/aromatic N) is 1. The lowest BCUT2D eigenvalue weighted by Crippen LogP contribution is -2.48. The molecule has 0 radical (unpaired) electrons. The third-order valence-electron chi connectivity index (χ3n) is 5.72. The summed E-state index contributed by atoms with van der Waals surface area (Å²) in [6.07, 6.45) is 6.75. The standard InChI is InChI=1S/C19H28N2O2/c1-19(23)10-3-2-8-16(19)17-9-5-11-21(17)13-14-6-4-7-15(12-14)18(20)22/h4,6-7,12,16-17,23H,2-3,5,8-11,13H2,1H3,(H2,20,22)/t16-,17+,19-/m0/s1. The molecule has 4 heteroatoms. The van der Waals surface area contributed by atoms with E-state index in [9.17, 15) is 9.90 Å². The summed E-state index contributed by atoms with van der Waals surface area (Å²) in [5.74, 6) is -0.0156. The maximum atomic E-state index is 11.4. The van der Waals surface area contributed by atoms with Gasteiger partial charge < -0.3 is 10.8 Å². The van der Waals surface area contributed by atoms with Crippen LogP contribution >= 0.6 is 0 Å². The van der Waals surface area contributed by atoms with Crippen LogP contribution in [0.25, 0.3) is 0 Å². The van der Waals surface area contributed by atoms with Crippen LogP contribution in [0.5, 0.6) is 0 Å². The number of aliphatic hydroxyl groups is 1. The molecule has 1 aromatic carbocycles. The smallest absolute Gasteiger partial charge is 0.248 e. The fourth-order valence-electron chi connectivity index (χ4n) is 4.51. The SMILES string of the molecule is C[C@]1(O)CCCC[C@H]1[C@H]1CCCN1Cc1cccc(C(N)=O)c1. The average Bonchev–Trinajstić information content (AvgIpc) is 2.95. The highest BCUT2D eigenvalue weighted by Gasteiger charge is 2.43. The van der Waals surface area contributed by atoms with Gasteiger partial charge in [0, 0.05) is 24.1 Å². The van der Waals surface area contributed by atoms with E-state index in [-0.39, 0.29) is 5.91 Å². The van der Waals surface area contributed by atoms with Crippen LogP contribution in [0.3, 0.4) is 0 Å². The number of likely N-dealkylation sites (tertiary alicyclic amines) is 1. The van der Waals surface area contributed by atoms with Crippen molar-refractivity contribution in [3.63, 3.8) is 0 Å². The molecule has 1 saturated carbocycles. The normalized spacial score (nSPS) is 32.1. The van der Waals surface area contributed by atoms with Crippen molar-refractivity contribution >= 4 is 5.91 Å². The molecule has 0 bridgehead atoms. The van der Waals surface area contributed by atoms with Gasteiger partial charge >= 0.3 is 0 Å². The molecule has 2 aliphatic rings. The van der Waals surface area contributed by atoms with E-state index in [0.29, 0.717) is 17.5 Å². The molecule has 1 heterocycles. The predicted molar refractivity (Wildman–Crippen MR) is 91.0 cm³/mol. The summed E-state index contributed by atoms with van der Waals surface area (Å²) >= 11 is 0. The number of hydrogen-bond acceptors (Lipinski definition) is 3. The van der Waals surface area contributed by atoms with Crippen LogP contribution in [0.15, 0.2) is 24.3 Å². The average molecular weight is 316 g/mol. The maximum Gasteiger partial charge on any atom is 0.248 e. The molecule has 3 rings (SSSR count). The Morgan fingerprint density at radius 1 is 1.35 bits per heavy atom. The molecule has 1 aliphatic heterocycles. The molecule has 23 heavy (non-hydrogen) atoms. The molecule has 0 aromatic heterocycles. The molecule has 3 atom stereocenters. The largest absolute Gasteiger partial charge is 0.390 e. The summed E-state index contributed by atoms with van der Waals surface area (Å²) in [6, 6.07) is 8.07. The Morgan fingerprint density at radius 3 is 2.91 bits per heavy atom. The second-order valence-corrected chi connectivity index (χ2v) is 7.45. The second kappa shape index (κ2) is 6.62. The van der Waals surface area contributed by atoms with Gasteiger partial charge in [-0.25, -0.2) is 0 Å². The van der Waals surface area contributed by atoms with E-state index in [2.05, 4.69) is 11.0 Å². The summed E-state index contributed by atoms with van der Waals surface area (Å²) in [6.45, 7) is 3.91. The van der Waals surface area contributed by atoms with Gasteiger partial charge in [-0.1, -0.05) is 25.0 Å². The van der Waals surface area contributed by atoms with Crippen LogP contribution in [0, 0.1) is 5.92 Å². The van der Waals surface area contributed by atoms with Crippen molar-refractivity contribution < 1.29 is 9.90 Å². The number of carbonyl (C=O) groups is 1. The molecular formula is C19H28N2O2. The zero-order valence-corrected chi connectivity index (χ0v) is 14.0. The minimum absolute atomic E-state index is 0.359. The van der Waals surface area contributed by atoms with E-state index >= 15 is 0 Å². The Bertz CT molecular complexity index is 570. The number of amides is 1. The first-order valence-corrected chi connectivity index (χ1v) is 8.82. The summed E-state index contributed by atoms with van der Waals surface area (Å²) in [5.41, 5.74) is 6.54. The third kappa shape index (κ3) is 3.59. The summed E-state index contributed by atoms with van der Waals surface area (Å²) in [5, 5.41) is 10.8. The number of hydrogen-bond donors (Lipinski definition) is 2. The van der Waals surface area contributed by atoms with Gasteiger partial charge in [0.2, 0.25) is 5.91 Å². The van der Waals surface area contributed by atoms with Crippen LogP contribution in [0.4, 0.5) is 0 Å². The fourth-order valence-corrected chi connectivity index (χ4v) is 4.51. The van der Waals surface area contributed by atoms with E-state index in [1.807, 2.05) is 19.1 Å². The van der Waals surface area contributed by atoms with Crippen molar-refractivity contribution in [1.82, 2.24) is 4.90 Å². The molecule has 1 amide bonds. The first-order valence-electron chi connectivity index (χ1n) is 8.82. The Kier molecular flexibility index (Phi) is 4.74. The summed E-state index contributed by atoms with van der Waals surface area (Å²) in [7, 11) is 0. The fraction of sp³-hybridized carbons (Fsp3) is 0.632. The Balaban J connectivity index is 1.74. The van der Waals surface area contributed by atoms with Crippen LogP contribution in [-0.4, -0.2) is 34.1 Å². The van der Waals surface area contributed by atoms with Gasteiger partial charge in [0.05, 0.1) is 5.60 Å². The molecule has 1 aliphatic carbocycles. The van der Waals surface area contributed by atoms with Crippen molar-refractivity contribution in [2.75, 3.05) is 6.54 Å². The first-order chi connectivity index (χ1) is 11.0. The zero-order valence-electron chi connectivity index (χ0n) is 14.0. The first kappa shape index (κ1) is 16.5. The summed E-state index contributed by atoms with van der Waals surface area (Å²) < 4.78 is 0. The highest BCUT2D eigenvalue weighted by molar-refractivity contribution is 5.92. The number of benzene rings is 1. The molecule has 126 valence electrons. The predicted octanol–water partition coefficient (Wildman–Crippen LogP) is 2.69. The molecule has 1 aromatic rings. The van der Waals surface area contributed by atoms with Gasteiger partial charge in [-0.2, -0.15) is 0 Å². The van der Waals surface area contributed by atoms with E-state index in [4.69, 9.17) is 5.73 Å². The van der Waals surface area contributed by atoms with Crippen LogP contribution in [0.2, 0.25) is 0 Å². The zero-order chi connectivity index (χ0) is 16.4. The van der Waals surface area contributed by atoms with E-state index in [1.54, 1.807) is 6.07 Å². The lowest BCUT2D eigenvalue weighted by atomic mass is 9.72. The van der Waals surface area contributed by atoms with Crippen molar-refractivity contribution in [3.8, 4) is 0 Å². The number of primary amides is 1. The number of rotatable bonds is 4. The van der Waals surface area contributed by atoms with Crippen molar-refractivity contribution in [3.05, 3.63) is 35.4 Å². The van der Waals surface area contributed by atoms with E-state index < -0.39 is 5.60 Å². The molecule has 3 N–H and O–H groups in total. The van der Waals surface area contributed by atoms with Crippen LogP contribution < -0.4 is 5.73 Å². The maximum absolute atomic E-state index is 11.4. The lowest BCUT2D eigenvalue weighted by molar-refractivity contribution is -0.0628. The van der Waals surface area contributed by atoms with Gasteiger partial charge in [0.25, 0.3) is 0 Å². The monoisotopic (exact) mass is 316 g/mol. The quantitative estimate of drug-likeness (QED) is 0.897. The van der Waals surface area contributed by atoms with Crippen LogP contribution in [0.1, 0.15) is 61.4 Å². The minimum Gasteiger partial charge on any atom is -0.390 e. The molecule has 4 nitrogen and oxygen atoms in total. The van der Waals surface area contributed by atoms with Gasteiger partial charge in [-0.3, -0.25) is 9.69 Å². The van der Waals surface area contributed by atoms with Crippen molar-refractivity contribution in [2.45, 2.75) is 63.6 Å². The summed E-state index contributed by atoms with van der Waals surface area (Å²) in [4.78, 5) is 13.9. The minimum atomic E-state index is -0.541. The lowest BCUT2D eigenvalue weighted by Gasteiger charge is -2.43. The third-order valence-corrected chi connectivity index (χ3v) is 5.72. The van der Waals surface area contributed by atoms with E-state index in [1.165, 1.54) is 12.8 Å². The molecular weight excluding hydrogens is 288 g/mol. The van der Waals surface area contributed by atoms with Crippen molar-refractivity contribution in [1.29, 1.82) is 0 Å². The highest BCUT2D eigenvalue weighted by Crippen LogP contribution is 2.41. The number of nitrogens with two attached hydrogens (primary N) is 1. The molecule has 2 fully saturated rings. The van der Waals surface area contributed by atoms with Gasteiger partial charge in [-0.15, -0.1) is 0 Å².